The van der Waals surface area contributed by atoms with Crippen LogP contribution in [0.25, 0.3) is 0 Å². The normalized spacial score (nSPS) is 9.08. The molecule has 0 aliphatic carbocycles. The van der Waals surface area contributed by atoms with Gasteiger partial charge < -0.3 is 9.47 Å². The molecule has 0 atom stereocenters. The SMILES string of the molecule is COc1cc(C#N)cc(F)c1OC. The quantitative estimate of drug-likeness (QED) is 0.697. The van der Waals surface area contributed by atoms with E-state index in [2.05, 4.69) is 0 Å². The highest BCUT2D eigenvalue weighted by molar-refractivity contribution is 5.47. The second-order valence-corrected chi connectivity index (χ2v) is 2.31. The molecule has 0 bridgehead atoms. The minimum absolute atomic E-state index is 0.0153. The minimum Gasteiger partial charge on any atom is -0.493 e. The van der Waals surface area contributed by atoms with E-state index in [1.807, 2.05) is 6.07 Å². The molecule has 1 aromatic rings. The third-order valence-electron chi connectivity index (χ3n) is 1.56. The lowest BCUT2D eigenvalue weighted by molar-refractivity contribution is 0.337. The molecule has 0 aliphatic heterocycles. The second kappa shape index (κ2) is 3.76. The Morgan fingerprint density at radius 3 is 2.46 bits per heavy atom. The van der Waals surface area contributed by atoms with Crippen molar-refractivity contribution < 1.29 is 13.9 Å². The van der Waals surface area contributed by atoms with E-state index in [9.17, 15) is 4.39 Å². The number of halogens is 1. The monoisotopic (exact) mass is 181 g/mol. The highest BCUT2D eigenvalue weighted by Gasteiger charge is 2.11. The van der Waals surface area contributed by atoms with Crippen LogP contribution in [0, 0.1) is 17.1 Å². The zero-order valence-electron chi connectivity index (χ0n) is 7.30. The summed E-state index contributed by atoms with van der Waals surface area (Å²) >= 11 is 0. The van der Waals surface area contributed by atoms with Gasteiger partial charge in [-0.3, -0.25) is 0 Å². The molecule has 0 heterocycles. The number of nitriles is 1. The molecule has 0 saturated heterocycles. The van der Waals surface area contributed by atoms with Crippen LogP contribution in [0.2, 0.25) is 0 Å². The lowest BCUT2D eigenvalue weighted by atomic mass is 10.2. The van der Waals surface area contributed by atoms with Gasteiger partial charge in [-0.2, -0.15) is 5.26 Å². The Kier molecular flexibility index (Phi) is 2.70. The predicted molar refractivity (Wildman–Crippen MR) is 44.2 cm³/mol. The lowest BCUT2D eigenvalue weighted by Gasteiger charge is -2.07. The molecular formula is C9H8FNO2. The van der Waals surface area contributed by atoms with E-state index < -0.39 is 5.82 Å². The Hall–Kier alpha value is -1.76. The average Bonchev–Trinajstić information content (AvgIpc) is 2.16. The summed E-state index contributed by atoms with van der Waals surface area (Å²) in [6.07, 6.45) is 0. The third kappa shape index (κ3) is 1.70. The van der Waals surface area contributed by atoms with Crippen LogP contribution in [-0.2, 0) is 0 Å². The van der Waals surface area contributed by atoms with Crippen LogP contribution < -0.4 is 9.47 Å². The summed E-state index contributed by atoms with van der Waals surface area (Å²) in [6.45, 7) is 0. The Balaban J connectivity index is 3.31. The van der Waals surface area contributed by atoms with Crippen LogP contribution in [0.4, 0.5) is 4.39 Å². The van der Waals surface area contributed by atoms with Gasteiger partial charge in [0.25, 0.3) is 0 Å². The third-order valence-corrected chi connectivity index (χ3v) is 1.56. The predicted octanol–water partition coefficient (Wildman–Crippen LogP) is 1.71. The molecule has 0 radical (unpaired) electrons. The van der Waals surface area contributed by atoms with Crippen LogP contribution in [0.3, 0.4) is 0 Å². The maximum absolute atomic E-state index is 13.1. The lowest BCUT2D eigenvalue weighted by Crippen LogP contribution is -1.94. The fraction of sp³-hybridized carbons (Fsp3) is 0.222. The molecule has 68 valence electrons. The molecule has 3 nitrogen and oxygen atoms in total. The number of hydrogen-bond acceptors (Lipinski definition) is 3. The fourth-order valence-corrected chi connectivity index (χ4v) is 0.982. The van der Waals surface area contributed by atoms with Crippen molar-refractivity contribution in [3.05, 3.63) is 23.5 Å². The van der Waals surface area contributed by atoms with Crippen LogP contribution >= 0.6 is 0 Å². The van der Waals surface area contributed by atoms with Crippen LogP contribution in [0.1, 0.15) is 5.56 Å². The molecule has 0 fully saturated rings. The van der Waals surface area contributed by atoms with Crippen LogP contribution in [0.5, 0.6) is 11.5 Å². The van der Waals surface area contributed by atoms with Crippen LogP contribution in [-0.4, -0.2) is 14.2 Å². The fourth-order valence-electron chi connectivity index (χ4n) is 0.982. The van der Waals surface area contributed by atoms with Gasteiger partial charge in [0, 0.05) is 6.07 Å². The smallest absolute Gasteiger partial charge is 0.196 e. The first-order valence-corrected chi connectivity index (χ1v) is 3.54. The van der Waals surface area contributed by atoms with E-state index in [4.69, 9.17) is 14.7 Å². The molecule has 0 spiro atoms. The van der Waals surface area contributed by atoms with E-state index in [1.54, 1.807) is 0 Å². The van der Waals surface area contributed by atoms with E-state index >= 15 is 0 Å². The molecule has 1 aromatic carbocycles. The summed E-state index contributed by atoms with van der Waals surface area (Å²) in [4.78, 5) is 0. The van der Waals surface area contributed by atoms with Gasteiger partial charge in [0.15, 0.2) is 17.3 Å². The molecule has 0 N–H and O–H groups in total. The standard InChI is InChI=1S/C9H8FNO2/c1-12-8-4-6(5-11)3-7(10)9(8)13-2/h3-4H,1-2H3. The first-order chi connectivity index (χ1) is 6.22. The molecule has 4 heteroatoms. The molecular weight excluding hydrogens is 173 g/mol. The Morgan fingerprint density at radius 2 is 2.00 bits per heavy atom. The Morgan fingerprint density at radius 1 is 1.31 bits per heavy atom. The van der Waals surface area contributed by atoms with Crippen molar-refractivity contribution in [2.75, 3.05) is 14.2 Å². The molecule has 13 heavy (non-hydrogen) atoms. The first kappa shape index (κ1) is 9.33. The maximum Gasteiger partial charge on any atom is 0.196 e. The van der Waals surface area contributed by atoms with Crippen molar-refractivity contribution in [2.24, 2.45) is 0 Å². The molecule has 0 aliphatic rings. The molecule has 1 rings (SSSR count). The van der Waals surface area contributed by atoms with Crippen molar-refractivity contribution in [2.45, 2.75) is 0 Å². The van der Waals surface area contributed by atoms with Crippen LogP contribution in [0.15, 0.2) is 12.1 Å². The topological polar surface area (TPSA) is 42.2 Å². The van der Waals surface area contributed by atoms with E-state index in [0.29, 0.717) is 0 Å². The molecule has 0 saturated carbocycles. The highest BCUT2D eigenvalue weighted by atomic mass is 19.1. The number of rotatable bonds is 2. The number of nitrogens with zero attached hydrogens (tertiary/aromatic N) is 1. The summed E-state index contributed by atoms with van der Waals surface area (Å²) in [5.41, 5.74) is 0.204. The van der Waals surface area contributed by atoms with Gasteiger partial charge in [-0.15, -0.1) is 0 Å². The van der Waals surface area contributed by atoms with E-state index in [1.165, 1.54) is 20.3 Å². The summed E-state index contributed by atoms with van der Waals surface area (Å²) in [6, 6.07) is 4.34. The van der Waals surface area contributed by atoms with Crippen molar-refractivity contribution in [3.8, 4) is 17.6 Å². The first-order valence-electron chi connectivity index (χ1n) is 3.54. The second-order valence-electron chi connectivity index (χ2n) is 2.31. The summed E-state index contributed by atoms with van der Waals surface area (Å²) in [5.74, 6) is -0.362. The zero-order chi connectivity index (χ0) is 9.84. The van der Waals surface area contributed by atoms with Gasteiger partial charge in [-0.25, -0.2) is 4.39 Å². The minimum atomic E-state index is -0.599. The number of ether oxygens (including phenoxy) is 2. The summed E-state index contributed by atoms with van der Waals surface area (Å²) < 4.78 is 22.7. The van der Waals surface area contributed by atoms with Crippen molar-refractivity contribution >= 4 is 0 Å². The number of hydrogen-bond donors (Lipinski definition) is 0. The van der Waals surface area contributed by atoms with Gasteiger partial charge in [0.05, 0.1) is 25.9 Å². The zero-order valence-corrected chi connectivity index (χ0v) is 7.30. The maximum atomic E-state index is 13.1. The van der Waals surface area contributed by atoms with E-state index in [0.717, 1.165) is 6.07 Å². The molecule has 0 aromatic heterocycles. The van der Waals surface area contributed by atoms with Gasteiger partial charge >= 0.3 is 0 Å². The van der Waals surface area contributed by atoms with Gasteiger partial charge in [-0.1, -0.05) is 0 Å². The van der Waals surface area contributed by atoms with Gasteiger partial charge in [0.2, 0.25) is 0 Å². The van der Waals surface area contributed by atoms with Gasteiger partial charge in [-0.05, 0) is 6.07 Å². The van der Waals surface area contributed by atoms with Crippen molar-refractivity contribution in [1.29, 1.82) is 5.26 Å². The van der Waals surface area contributed by atoms with Crippen molar-refractivity contribution in [1.82, 2.24) is 0 Å². The summed E-state index contributed by atoms with van der Waals surface area (Å²) in [7, 11) is 2.73. The molecule has 0 amide bonds. The Labute approximate surface area is 75.3 Å². The Bertz CT molecular complexity index is 357. The highest BCUT2D eigenvalue weighted by Crippen LogP contribution is 2.30. The summed E-state index contributed by atoms with van der Waals surface area (Å²) in [5, 5.41) is 8.53. The number of methoxy groups -OCH3 is 2. The van der Waals surface area contributed by atoms with Gasteiger partial charge in [0.1, 0.15) is 0 Å². The number of benzene rings is 1. The largest absolute Gasteiger partial charge is 0.493 e. The van der Waals surface area contributed by atoms with E-state index in [-0.39, 0.29) is 17.1 Å². The van der Waals surface area contributed by atoms with Crippen molar-refractivity contribution in [3.63, 3.8) is 0 Å². The molecule has 0 unspecified atom stereocenters. The average molecular weight is 181 g/mol.